The lowest BCUT2D eigenvalue weighted by atomic mass is 9.99. The Bertz CT molecular complexity index is 641. The molecule has 0 saturated heterocycles. The van der Waals surface area contributed by atoms with Gasteiger partial charge in [-0.05, 0) is 30.2 Å². The van der Waals surface area contributed by atoms with Crippen molar-refractivity contribution in [2.24, 2.45) is 0 Å². The first-order valence-electron chi connectivity index (χ1n) is 6.07. The van der Waals surface area contributed by atoms with Crippen molar-refractivity contribution in [3.8, 4) is 5.75 Å². The number of aliphatic hydroxyl groups is 1. The van der Waals surface area contributed by atoms with Gasteiger partial charge in [0, 0.05) is 10.6 Å². The highest BCUT2D eigenvalue weighted by Crippen LogP contribution is 2.34. The number of para-hydroxylation sites is 1. The zero-order chi connectivity index (χ0) is 15.6. The summed E-state index contributed by atoms with van der Waals surface area (Å²) in [7, 11) is 0. The molecule has 0 aliphatic carbocycles. The van der Waals surface area contributed by atoms with Gasteiger partial charge in [-0.1, -0.05) is 41.9 Å². The molecule has 2 nitrogen and oxygen atoms in total. The average Bonchev–Trinajstić information content (AvgIpc) is 2.40. The van der Waals surface area contributed by atoms with E-state index in [0.29, 0.717) is 10.6 Å². The van der Waals surface area contributed by atoms with Gasteiger partial charge < -0.3 is 9.84 Å². The molecule has 0 bridgehead atoms. The molecule has 21 heavy (non-hydrogen) atoms. The van der Waals surface area contributed by atoms with Crippen molar-refractivity contribution in [3.05, 3.63) is 64.2 Å². The molecule has 0 aliphatic rings. The summed E-state index contributed by atoms with van der Waals surface area (Å²) in [5.41, 5.74) is 1.20. The van der Waals surface area contributed by atoms with E-state index in [1.54, 1.807) is 25.1 Å². The highest BCUT2D eigenvalue weighted by Gasteiger charge is 2.32. The summed E-state index contributed by atoms with van der Waals surface area (Å²) in [4.78, 5) is 0. The summed E-state index contributed by atoms with van der Waals surface area (Å²) >= 11 is 5.89. The molecule has 0 amide bonds. The van der Waals surface area contributed by atoms with E-state index in [-0.39, 0.29) is 5.56 Å². The normalized spacial score (nSPS) is 13.0. The molecule has 0 radical (unpaired) electrons. The molecule has 0 aliphatic heterocycles. The van der Waals surface area contributed by atoms with Crippen molar-refractivity contribution in [2.75, 3.05) is 0 Å². The molecule has 0 heterocycles. The van der Waals surface area contributed by atoms with E-state index in [1.165, 1.54) is 18.2 Å². The number of aliphatic hydroxyl groups excluding tert-OH is 1. The minimum Gasteiger partial charge on any atom is -0.405 e. The number of hydrogen-bond donors (Lipinski definition) is 1. The fraction of sp³-hybridized carbons (Fsp3) is 0.200. The van der Waals surface area contributed by atoms with Crippen LogP contribution in [0, 0.1) is 6.92 Å². The van der Waals surface area contributed by atoms with Crippen LogP contribution in [-0.4, -0.2) is 11.5 Å². The fourth-order valence-electron chi connectivity index (χ4n) is 1.94. The van der Waals surface area contributed by atoms with Gasteiger partial charge in [-0.3, -0.25) is 0 Å². The molecule has 2 aromatic carbocycles. The molecule has 2 aromatic rings. The zero-order valence-corrected chi connectivity index (χ0v) is 11.7. The zero-order valence-electron chi connectivity index (χ0n) is 11.0. The van der Waals surface area contributed by atoms with Crippen LogP contribution in [0.5, 0.6) is 5.75 Å². The third-order valence-electron chi connectivity index (χ3n) is 2.94. The van der Waals surface area contributed by atoms with Gasteiger partial charge in [0.25, 0.3) is 0 Å². The number of benzene rings is 2. The number of ether oxygens (including phenoxy) is 1. The summed E-state index contributed by atoms with van der Waals surface area (Å²) in [5.74, 6) is -0.426. The molecule has 6 heteroatoms. The monoisotopic (exact) mass is 316 g/mol. The van der Waals surface area contributed by atoms with Crippen LogP contribution < -0.4 is 4.74 Å². The Balaban J connectivity index is 2.38. The summed E-state index contributed by atoms with van der Waals surface area (Å²) < 4.78 is 41.1. The molecule has 2 rings (SSSR count). The van der Waals surface area contributed by atoms with E-state index in [1.807, 2.05) is 0 Å². The standard InChI is InChI=1S/C15H12ClF3O2/c1-9-8-10(6-7-12(9)16)14(20)11-4-2-3-5-13(11)21-15(17,18)19/h2-8,14,20H,1H3. The maximum absolute atomic E-state index is 12.4. The highest BCUT2D eigenvalue weighted by atomic mass is 35.5. The van der Waals surface area contributed by atoms with Gasteiger partial charge in [-0.25, -0.2) is 0 Å². The van der Waals surface area contributed by atoms with Crippen LogP contribution in [0.15, 0.2) is 42.5 Å². The van der Waals surface area contributed by atoms with Crippen molar-refractivity contribution < 1.29 is 23.0 Å². The van der Waals surface area contributed by atoms with Gasteiger partial charge in [-0.15, -0.1) is 13.2 Å². The topological polar surface area (TPSA) is 29.5 Å². The molecule has 1 atom stereocenters. The van der Waals surface area contributed by atoms with Gasteiger partial charge in [0.1, 0.15) is 11.9 Å². The van der Waals surface area contributed by atoms with E-state index in [4.69, 9.17) is 11.6 Å². The van der Waals surface area contributed by atoms with Crippen LogP contribution in [0.4, 0.5) is 13.2 Å². The predicted molar refractivity (Wildman–Crippen MR) is 73.4 cm³/mol. The predicted octanol–water partition coefficient (Wildman–Crippen LogP) is 4.63. The highest BCUT2D eigenvalue weighted by molar-refractivity contribution is 6.31. The second-order valence-corrected chi connectivity index (χ2v) is 4.90. The number of alkyl halides is 3. The Kier molecular flexibility index (Phi) is 4.44. The largest absolute Gasteiger partial charge is 0.573 e. The molecule has 1 unspecified atom stereocenters. The van der Waals surface area contributed by atoms with Crippen molar-refractivity contribution in [2.45, 2.75) is 19.4 Å². The molecule has 1 N–H and O–H groups in total. The lowest BCUT2D eigenvalue weighted by Crippen LogP contribution is -2.18. The van der Waals surface area contributed by atoms with Crippen LogP contribution in [0.3, 0.4) is 0 Å². The van der Waals surface area contributed by atoms with E-state index >= 15 is 0 Å². The Morgan fingerprint density at radius 2 is 1.81 bits per heavy atom. The molecule has 112 valence electrons. The first kappa shape index (κ1) is 15.7. The maximum Gasteiger partial charge on any atom is 0.573 e. The SMILES string of the molecule is Cc1cc(C(O)c2ccccc2OC(F)(F)F)ccc1Cl. The van der Waals surface area contributed by atoms with Crippen molar-refractivity contribution in [3.63, 3.8) is 0 Å². The molecule has 0 fully saturated rings. The Morgan fingerprint density at radius 1 is 1.14 bits per heavy atom. The minimum absolute atomic E-state index is 0.0385. The molecule has 0 saturated carbocycles. The lowest BCUT2D eigenvalue weighted by molar-refractivity contribution is -0.275. The van der Waals surface area contributed by atoms with E-state index in [0.717, 1.165) is 11.6 Å². The fourth-order valence-corrected chi connectivity index (χ4v) is 2.06. The Morgan fingerprint density at radius 3 is 2.43 bits per heavy atom. The summed E-state index contributed by atoms with van der Waals surface area (Å²) in [6.45, 7) is 1.75. The first-order chi connectivity index (χ1) is 9.78. The lowest BCUT2D eigenvalue weighted by Gasteiger charge is -2.18. The maximum atomic E-state index is 12.4. The third kappa shape index (κ3) is 3.89. The van der Waals surface area contributed by atoms with Crippen LogP contribution >= 0.6 is 11.6 Å². The Labute approximate surface area is 124 Å². The minimum atomic E-state index is -4.81. The Hall–Kier alpha value is -1.72. The second kappa shape index (κ2) is 5.95. The first-order valence-corrected chi connectivity index (χ1v) is 6.44. The molecule has 0 aromatic heterocycles. The third-order valence-corrected chi connectivity index (χ3v) is 3.36. The van der Waals surface area contributed by atoms with Crippen molar-refractivity contribution in [1.82, 2.24) is 0 Å². The molecule has 0 spiro atoms. The van der Waals surface area contributed by atoms with Gasteiger partial charge in [0.2, 0.25) is 0 Å². The molecular formula is C15H12ClF3O2. The van der Waals surface area contributed by atoms with Gasteiger partial charge in [-0.2, -0.15) is 0 Å². The summed E-state index contributed by atoms with van der Waals surface area (Å²) in [5, 5.41) is 10.8. The average molecular weight is 317 g/mol. The smallest absolute Gasteiger partial charge is 0.405 e. The number of rotatable bonds is 3. The van der Waals surface area contributed by atoms with Crippen LogP contribution in [-0.2, 0) is 0 Å². The molecular weight excluding hydrogens is 305 g/mol. The van der Waals surface area contributed by atoms with E-state index in [2.05, 4.69) is 4.74 Å². The van der Waals surface area contributed by atoms with Gasteiger partial charge in [0.15, 0.2) is 0 Å². The number of hydrogen-bond acceptors (Lipinski definition) is 2. The van der Waals surface area contributed by atoms with Crippen LogP contribution in [0.25, 0.3) is 0 Å². The summed E-state index contributed by atoms with van der Waals surface area (Å²) in [6.07, 6.45) is -6.05. The summed E-state index contributed by atoms with van der Waals surface area (Å²) in [6, 6.07) is 10.3. The van der Waals surface area contributed by atoms with Gasteiger partial charge in [0.05, 0.1) is 0 Å². The van der Waals surface area contributed by atoms with E-state index in [9.17, 15) is 18.3 Å². The van der Waals surface area contributed by atoms with Crippen molar-refractivity contribution in [1.29, 1.82) is 0 Å². The second-order valence-electron chi connectivity index (χ2n) is 4.50. The number of halogens is 4. The van der Waals surface area contributed by atoms with Crippen LogP contribution in [0.2, 0.25) is 5.02 Å². The quantitative estimate of drug-likeness (QED) is 0.894. The van der Waals surface area contributed by atoms with E-state index < -0.39 is 18.2 Å². The van der Waals surface area contributed by atoms with Crippen LogP contribution in [0.1, 0.15) is 22.8 Å². The van der Waals surface area contributed by atoms with Crippen molar-refractivity contribution >= 4 is 11.6 Å². The number of aryl methyl sites for hydroxylation is 1. The van der Waals surface area contributed by atoms with Gasteiger partial charge >= 0.3 is 6.36 Å².